The van der Waals surface area contributed by atoms with Crippen LogP contribution in [0.4, 0.5) is 4.39 Å². The van der Waals surface area contributed by atoms with Crippen molar-refractivity contribution in [3.63, 3.8) is 0 Å². The average molecular weight is 352 g/mol. The lowest BCUT2D eigenvalue weighted by atomic mass is 9.55. The highest BCUT2D eigenvalue weighted by Crippen LogP contribution is 2.23. The van der Waals surface area contributed by atoms with Gasteiger partial charge < -0.3 is 4.65 Å². The fourth-order valence-electron chi connectivity index (χ4n) is 3.07. The molecule has 0 unspecified atom stereocenters. The first-order valence-electron chi connectivity index (χ1n) is 8.50. The summed E-state index contributed by atoms with van der Waals surface area (Å²) in [6.07, 6.45) is 1.71. The van der Waals surface area contributed by atoms with E-state index in [1.54, 1.807) is 30.5 Å². The summed E-state index contributed by atoms with van der Waals surface area (Å²) < 4.78 is 20.2. The van der Waals surface area contributed by atoms with Gasteiger partial charge in [0.2, 0.25) is 0 Å². The number of hydrogen-bond donors (Lipinski definition) is 0. The Morgan fingerprint density at radius 2 is 1.63 bits per heavy atom. The van der Waals surface area contributed by atoms with Gasteiger partial charge in [0.15, 0.2) is 0 Å². The molecule has 0 amide bonds. The summed E-state index contributed by atoms with van der Waals surface area (Å²) in [5.41, 5.74) is 2.69. The first-order chi connectivity index (χ1) is 13.2. The number of hydrogen-bond acceptors (Lipinski definition) is 3. The van der Waals surface area contributed by atoms with Gasteiger partial charge in [-0.2, -0.15) is 5.26 Å². The lowest BCUT2D eigenvalue weighted by Crippen LogP contribution is -2.47. The Balaban J connectivity index is 1.84. The molecule has 0 spiro atoms. The van der Waals surface area contributed by atoms with Gasteiger partial charge in [-0.3, -0.25) is 4.98 Å². The van der Waals surface area contributed by atoms with E-state index in [4.69, 9.17) is 4.65 Å². The average Bonchev–Trinajstić information content (AvgIpc) is 2.72. The quantitative estimate of drug-likeness (QED) is 0.529. The predicted octanol–water partition coefficient (Wildman–Crippen LogP) is 3.43. The van der Waals surface area contributed by atoms with Crippen LogP contribution in [0.15, 0.2) is 85.1 Å². The Bertz CT molecular complexity index is 1150. The molecule has 0 aliphatic heterocycles. The summed E-state index contributed by atoms with van der Waals surface area (Å²) in [5.74, 6) is 0.262. The number of aromatic nitrogens is 1. The van der Waals surface area contributed by atoms with Crippen molar-refractivity contribution in [2.24, 2.45) is 0 Å². The second-order valence-electron chi connectivity index (χ2n) is 6.12. The molecule has 0 atom stereocenters. The van der Waals surface area contributed by atoms with Crippen LogP contribution >= 0.6 is 0 Å². The fraction of sp³-hybridized carbons (Fsp3) is 0. The third-order valence-corrected chi connectivity index (χ3v) is 4.31. The van der Waals surface area contributed by atoms with Gasteiger partial charge in [0.1, 0.15) is 17.1 Å². The molecule has 27 heavy (non-hydrogen) atoms. The molecule has 0 N–H and O–H groups in total. The Morgan fingerprint density at radius 1 is 0.889 bits per heavy atom. The maximum Gasteiger partial charge on any atom is 0.426 e. The van der Waals surface area contributed by atoms with Gasteiger partial charge in [-0.05, 0) is 47.3 Å². The van der Waals surface area contributed by atoms with Crippen molar-refractivity contribution >= 4 is 28.7 Å². The van der Waals surface area contributed by atoms with E-state index in [-0.39, 0.29) is 5.82 Å². The SMILES string of the molecule is N#Cc1cccc(B(Oc2cccc3cccnc23)c2cccc(F)c2)c1. The van der Waals surface area contributed by atoms with Crippen molar-refractivity contribution in [3.05, 3.63) is 96.4 Å². The predicted molar refractivity (Wildman–Crippen MR) is 105 cm³/mol. The van der Waals surface area contributed by atoms with Gasteiger partial charge in [-0.15, -0.1) is 0 Å². The van der Waals surface area contributed by atoms with E-state index in [1.807, 2.05) is 42.5 Å². The number of para-hydroxylation sites is 1. The lowest BCUT2D eigenvalue weighted by molar-refractivity contribution is 0.595. The smallest absolute Gasteiger partial charge is 0.426 e. The number of nitrogens with zero attached hydrogens (tertiary/aromatic N) is 2. The van der Waals surface area contributed by atoms with Crippen LogP contribution in [0.5, 0.6) is 5.75 Å². The van der Waals surface area contributed by atoms with Gasteiger partial charge in [0.05, 0.1) is 11.6 Å². The van der Waals surface area contributed by atoms with Crippen LogP contribution in [0.1, 0.15) is 5.56 Å². The van der Waals surface area contributed by atoms with Crippen molar-refractivity contribution in [2.75, 3.05) is 0 Å². The number of nitriles is 1. The Hall–Kier alpha value is -3.65. The van der Waals surface area contributed by atoms with Crippen molar-refractivity contribution in [1.29, 1.82) is 5.26 Å². The summed E-state index contributed by atoms with van der Waals surface area (Å²) in [4.78, 5) is 4.42. The van der Waals surface area contributed by atoms with E-state index in [1.165, 1.54) is 12.1 Å². The molecule has 0 fully saturated rings. The van der Waals surface area contributed by atoms with Crippen LogP contribution in [-0.2, 0) is 0 Å². The Labute approximate surface area is 156 Å². The molecule has 3 nitrogen and oxygen atoms in total. The van der Waals surface area contributed by atoms with E-state index < -0.39 is 6.92 Å². The van der Waals surface area contributed by atoms with Crippen molar-refractivity contribution in [3.8, 4) is 11.8 Å². The minimum Gasteiger partial charge on any atom is -0.550 e. The summed E-state index contributed by atoms with van der Waals surface area (Å²) in [6.45, 7) is -0.568. The lowest BCUT2D eigenvalue weighted by Gasteiger charge is -2.18. The Morgan fingerprint density at radius 3 is 2.44 bits per heavy atom. The van der Waals surface area contributed by atoms with Gasteiger partial charge in [0, 0.05) is 11.6 Å². The third kappa shape index (κ3) is 3.51. The van der Waals surface area contributed by atoms with E-state index in [0.717, 1.165) is 16.4 Å². The second-order valence-corrected chi connectivity index (χ2v) is 6.12. The van der Waals surface area contributed by atoms with Crippen LogP contribution in [-0.4, -0.2) is 11.9 Å². The summed E-state index contributed by atoms with van der Waals surface area (Å²) in [5, 5.41) is 10.2. The van der Waals surface area contributed by atoms with Crippen molar-refractivity contribution in [2.45, 2.75) is 0 Å². The third-order valence-electron chi connectivity index (χ3n) is 4.31. The normalized spacial score (nSPS) is 10.4. The fourth-order valence-corrected chi connectivity index (χ4v) is 3.07. The Kier molecular flexibility index (Phi) is 4.55. The molecule has 1 heterocycles. The van der Waals surface area contributed by atoms with E-state index in [9.17, 15) is 9.65 Å². The maximum atomic E-state index is 13.9. The van der Waals surface area contributed by atoms with Crippen LogP contribution in [0.25, 0.3) is 10.9 Å². The van der Waals surface area contributed by atoms with Crippen LogP contribution in [0.2, 0.25) is 0 Å². The number of benzene rings is 3. The molecule has 4 rings (SSSR count). The number of fused-ring (bicyclic) bond motifs is 1. The zero-order chi connectivity index (χ0) is 18.6. The molecule has 5 heteroatoms. The van der Waals surface area contributed by atoms with Crippen LogP contribution in [0.3, 0.4) is 0 Å². The first-order valence-corrected chi connectivity index (χ1v) is 8.50. The van der Waals surface area contributed by atoms with E-state index >= 15 is 0 Å². The van der Waals surface area contributed by atoms with E-state index in [2.05, 4.69) is 11.1 Å². The molecule has 3 aromatic carbocycles. The largest absolute Gasteiger partial charge is 0.550 e. The molecule has 0 saturated heterocycles. The maximum absolute atomic E-state index is 13.9. The first kappa shape index (κ1) is 16.8. The van der Waals surface area contributed by atoms with Crippen LogP contribution < -0.4 is 15.6 Å². The molecule has 0 aliphatic rings. The highest BCUT2D eigenvalue weighted by molar-refractivity contribution is 6.80. The zero-order valence-electron chi connectivity index (χ0n) is 14.3. The summed E-state index contributed by atoms with van der Waals surface area (Å²) in [7, 11) is 0. The highest BCUT2D eigenvalue weighted by Gasteiger charge is 2.25. The van der Waals surface area contributed by atoms with E-state index in [0.29, 0.717) is 16.8 Å². The van der Waals surface area contributed by atoms with Gasteiger partial charge in [-0.1, -0.05) is 42.5 Å². The molecule has 128 valence electrons. The van der Waals surface area contributed by atoms with Crippen molar-refractivity contribution in [1.82, 2.24) is 4.98 Å². The van der Waals surface area contributed by atoms with Gasteiger partial charge in [-0.25, -0.2) is 4.39 Å². The molecule has 0 aliphatic carbocycles. The standard InChI is InChI=1S/C22H14BFN2O/c24-20-10-3-9-19(14-20)23(18-8-1-5-16(13-18)15-25)27-21-11-2-6-17-7-4-12-26-22(17)21/h1-14H. The zero-order valence-corrected chi connectivity index (χ0v) is 14.3. The second kappa shape index (κ2) is 7.31. The van der Waals surface area contributed by atoms with Crippen molar-refractivity contribution < 1.29 is 9.04 Å². The van der Waals surface area contributed by atoms with Gasteiger partial charge in [0.25, 0.3) is 0 Å². The molecule has 4 aromatic rings. The molecule has 0 saturated carbocycles. The molecular formula is C22H14BFN2O. The monoisotopic (exact) mass is 352 g/mol. The number of rotatable bonds is 4. The van der Waals surface area contributed by atoms with Gasteiger partial charge >= 0.3 is 6.92 Å². The summed E-state index contributed by atoms with van der Waals surface area (Å²) >= 11 is 0. The summed E-state index contributed by atoms with van der Waals surface area (Å²) in [6, 6.07) is 25.1. The minimum absolute atomic E-state index is 0.339. The minimum atomic E-state index is -0.568. The molecule has 1 aromatic heterocycles. The number of halogens is 1. The molecular weight excluding hydrogens is 338 g/mol. The highest BCUT2D eigenvalue weighted by atomic mass is 19.1. The number of pyridine rings is 1. The molecule has 0 radical (unpaired) electrons. The van der Waals surface area contributed by atoms with Crippen LogP contribution in [0, 0.1) is 17.1 Å². The topological polar surface area (TPSA) is 45.9 Å². The molecule has 0 bridgehead atoms.